The summed E-state index contributed by atoms with van der Waals surface area (Å²) in [6.45, 7) is 2.59. The normalized spacial score (nSPS) is 13.7. The van der Waals surface area contributed by atoms with Crippen molar-refractivity contribution in [2.24, 2.45) is 0 Å². The van der Waals surface area contributed by atoms with Gasteiger partial charge in [0.1, 0.15) is 0 Å². The minimum Gasteiger partial charge on any atom is -0.356 e. The molecule has 0 atom stereocenters. The Morgan fingerprint density at radius 1 is 1.37 bits per heavy atom. The molecule has 100 valence electrons. The number of carbonyl (C=O) groups excluding carboxylic acids is 3. The molecule has 1 aliphatic rings. The zero-order chi connectivity index (χ0) is 14.0. The molecule has 1 aromatic carbocycles. The molecule has 5 nitrogen and oxygen atoms in total. The number of nitrogens with zero attached hydrogens (tertiary/aromatic N) is 1. The van der Waals surface area contributed by atoms with Gasteiger partial charge in [-0.3, -0.25) is 14.4 Å². The Kier molecular flexibility index (Phi) is 3.99. The minimum absolute atomic E-state index is 0.133. The number of benzene rings is 1. The molecule has 1 aliphatic heterocycles. The van der Waals surface area contributed by atoms with Crippen LogP contribution in [0.5, 0.6) is 0 Å². The van der Waals surface area contributed by atoms with Crippen molar-refractivity contribution >= 4 is 39.2 Å². The van der Waals surface area contributed by atoms with Crippen molar-refractivity contribution in [1.82, 2.24) is 5.32 Å². The van der Waals surface area contributed by atoms with Crippen LogP contribution < -0.4 is 10.2 Å². The van der Waals surface area contributed by atoms with E-state index in [9.17, 15) is 14.4 Å². The van der Waals surface area contributed by atoms with Gasteiger partial charge in [0.05, 0.1) is 11.3 Å². The first-order valence-corrected chi connectivity index (χ1v) is 6.76. The number of amides is 2. The second-order valence-electron chi connectivity index (χ2n) is 4.15. The van der Waals surface area contributed by atoms with Gasteiger partial charge >= 0.3 is 0 Å². The molecule has 0 aromatic heterocycles. The van der Waals surface area contributed by atoms with Crippen LogP contribution in [-0.4, -0.2) is 30.7 Å². The molecule has 2 amide bonds. The summed E-state index contributed by atoms with van der Waals surface area (Å²) in [6.07, 6.45) is 0.179. The second kappa shape index (κ2) is 5.52. The Hall–Kier alpha value is -1.69. The Labute approximate surface area is 119 Å². The SMILES string of the molecule is CCNC(=O)CCN1C(=O)C(=O)c2ccc(Br)cc21. The fourth-order valence-corrected chi connectivity index (χ4v) is 2.34. The highest BCUT2D eigenvalue weighted by atomic mass is 79.9. The van der Waals surface area contributed by atoms with Crippen LogP contribution in [0.2, 0.25) is 0 Å². The van der Waals surface area contributed by atoms with Crippen molar-refractivity contribution in [2.45, 2.75) is 13.3 Å². The van der Waals surface area contributed by atoms with Crippen LogP contribution in [0.15, 0.2) is 22.7 Å². The molecule has 0 spiro atoms. The molecular formula is C13H13BrN2O3. The first kappa shape index (κ1) is 13.7. The zero-order valence-corrected chi connectivity index (χ0v) is 12.0. The molecule has 1 N–H and O–H groups in total. The molecular weight excluding hydrogens is 312 g/mol. The van der Waals surface area contributed by atoms with E-state index in [4.69, 9.17) is 0 Å². The summed E-state index contributed by atoms with van der Waals surface area (Å²) < 4.78 is 0.789. The van der Waals surface area contributed by atoms with Crippen molar-refractivity contribution in [1.29, 1.82) is 0 Å². The van der Waals surface area contributed by atoms with Gasteiger partial charge in [-0.15, -0.1) is 0 Å². The molecule has 0 unspecified atom stereocenters. The van der Waals surface area contributed by atoms with Gasteiger partial charge in [0.25, 0.3) is 11.7 Å². The van der Waals surface area contributed by atoms with Crippen LogP contribution in [-0.2, 0) is 9.59 Å². The third-order valence-electron chi connectivity index (χ3n) is 2.87. The van der Waals surface area contributed by atoms with Crippen molar-refractivity contribution in [2.75, 3.05) is 18.0 Å². The van der Waals surface area contributed by atoms with Gasteiger partial charge in [-0.2, -0.15) is 0 Å². The molecule has 19 heavy (non-hydrogen) atoms. The molecule has 2 rings (SSSR count). The van der Waals surface area contributed by atoms with E-state index in [0.29, 0.717) is 17.8 Å². The topological polar surface area (TPSA) is 66.5 Å². The van der Waals surface area contributed by atoms with Gasteiger partial charge in [-0.05, 0) is 25.1 Å². The maximum atomic E-state index is 11.9. The first-order valence-electron chi connectivity index (χ1n) is 5.97. The summed E-state index contributed by atoms with van der Waals surface area (Å²) in [5.74, 6) is -1.22. The number of Topliss-reactive ketones (excluding diaryl/α,β-unsaturated/α-hetero) is 1. The number of hydrogen-bond donors (Lipinski definition) is 1. The van der Waals surface area contributed by atoms with Gasteiger partial charge in [-0.1, -0.05) is 15.9 Å². The van der Waals surface area contributed by atoms with Gasteiger partial charge in [0.2, 0.25) is 5.91 Å². The van der Waals surface area contributed by atoms with Crippen LogP contribution >= 0.6 is 15.9 Å². The Morgan fingerprint density at radius 3 is 2.79 bits per heavy atom. The summed E-state index contributed by atoms with van der Waals surface area (Å²) in [4.78, 5) is 36.4. The molecule has 0 saturated heterocycles. The standard InChI is InChI=1S/C13H13BrN2O3/c1-2-15-11(17)5-6-16-10-7-8(14)3-4-9(10)12(18)13(16)19/h3-4,7H,2,5-6H2,1H3,(H,15,17). The van der Waals surface area contributed by atoms with Gasteiger partial charge < -0.3 is 10.2 Å². The second-order valence-corrected chi connectivity index (χ2v) is 5.07. The van der Waals surface area contributed by atoms with Crippen molar-refractivity contribution < 1.29 is 14.4 Å². The lowest BCUT2D eigenvalue weighted by Gasteiger charge is -2.16. The van der Waals surface area contributed by atoms with Crippen molar-refractivity contribution in [3.63, 3.8) is 0 Å². The van der Waals surface area contributed by atoms with E-state index < -0.39 is 11.7 Å². The van der Waals surface area contributed by atoms with Crippen molar-refractivity contribution in [3.8, 4) is 0 Å². The molecule has 0 saturated carbocycles. The quantitative estimate of drug-likeness (QED) is 0.853. The van der Waals surface area contributed by atoms with Crippen molar-refractivity contribution in [3.05, 3.63) is 28.2 Å². The molecule has 0 radical (unpaired) electrons. The highest BCUT2D eigenvalue weighted by molar-refractivity contribution is 9.10. The van der Waals surface area contributed by atoms with E-state index in [1.54, 1.807) is 18.2 Å². The number of halogens is 1. The number of rotatable bonds is 4. The van der Waals surface area contributed by atoms with Gasteiger partial charge in [0, 0.05) is 24.0 Å². The summed E-state index contributed by atoms with van der Waals surface area (Å²) >= 11 is 3.31. The number of ketones is 1. The predicted molar refractivity (Wildman–Crippen MR) is 74.1 cm³/mol. The van der Waals surface area contributed by atoms with E-state index in [-0.39, 0.29) is 18.9 Å². The average molecular weight is 325 g/mol. The number of anilines is 1. The Balaban J connectivity index is 2.18. The molecule has 0 bridgehead atoms. The van der Waals surface area contributed by atoms with Crippen LogP contribution in [0.3, 0.4) is 0 Å². The Bertz CT molecular complexity index is 557. The zero-order valence-electron chi connectivity index (χ0n) is 10.4. The number of nitrogens with one attached hydrogen (secondary N) is 1. The van der Waals surface area contributed by atoms with Crippen LogP contribution in [0.25, 0.3) is 0 Å². The smallest absolute Gasteiger partial charge is 0.299 e. The van der Waals surface area contributed by atoms with E-state index in [1.165, 1.54) is 4.90 Å². The maximum absolute atomic E-state index is 11.9. The fraction of sp³-hybridized carbons (Fsp3) is 0.308. The lowest BCUT2D eigenvalue weighted by atomic mass is 10.1. The molecule has 0 fully saturated rings. The van der Waals surface area contributed by atoms with E-state index in [2.05, 4.69) is 21.2 Å². The summed E-state index contributed by atoms with van der Waals surface area (Å²) in [5, 5.41) is 2.66. The molecule has 1 heterocycles. The van der Waals surface area contributed by atoms with Crippen LogP contribution in [0, 0.1) is 0 Å². The van der Waals surface area contributed by atoms with E-state index in [0.717, 1.165) is 4.47 Å². The number of hydrogen-bond acceptors (Lipinski definition) is 3. The average Bonchev–Trinajstić information content (AvgIpc) is 2.60. The molecule has 6 heteroatoms. The van der Waals surface area contributed by atoms with Gasteiger partial charge in [-0.25, -0.2) is 0 Å². The third-order valence-corrected chi connectivity index (χ3v) is 3.36. The van der Waals surface area contributed by atoms with Gasteiger partial charge in [0.15, 0.2) is 0 Å². The number of fused-ring (bicyclic) bond motifs is 1. The molecule has 0 aliphatic carbocycles. The minimum atomic E-state index is -0.572. The lowest BCUT2D eigenvalue weighted by molar-refractivity contribution is -0.120. The summed E-state index contributed by atoms with van der Waals surface area (Å²) in [5.41, 5.74) is 0.956. The lowest BCUT2D eigenvalue weighted by Crippen LogP contribution is -2.34. The first-order chi connectivity index (χ1) is 9.04. The highest BCUT2D eigenvalue weighted by Gasteiger charge is 2.35. The molecule has 1 aromatic rings. The third kappa shape index (κ3) is 2.68. The predicted octanol–water partition coefficient (Wildman–Crippen LogP) is 1.50. The monoisotopic (exact) mass is 324 g/mol. The summed E-state index contributed by atoms with van der Waals surface area (Å²) in [7, 11) is 0. The fourth-order valence-electron chi connectivity index (χ4n) is 1.99. The Morgan fingerprint density at radius 2 is 2.11 bits per heavy atom. The van der Waals surface area contributed by atoms with E-state index in [1.807, 2.05) is 6.92 Å². The highest BCUT2D eigenvalue weighted by Crippen LogP contribution is 2.31. The maximum Gasteiger partial charge on any atom is 0.299 e. The van der Waals surface area contributed by atoms with Crippen LogP contribution in [0.1, 0.15) is 23.7 Å². The summed E-state index contributed by atoms with van der Waals surface area (Å²) in [6, 6.07) is 5.05. The van der Waals surface area contributed by atoms with E-state index >= 15 is 0 Å². The van der Waals surface area contributed by atoms with Crippen LogP contribution in [0.4, 0.5) is 5.69 Å². The number of carbonyl (C=O) groups is 3. The largest absolute Gasteiger partial charge is 0.356 e.